The SMILES string of the molecule is COC(=O)[C@H]1NCCNC1=O. The third kappa shape index (κ3) is 1.68. The summed E-state index contributed by atoms with van der Waals surface area (Å²) in [6.07, 6.45) is 0. The van der Waals surface area contributed by atoms with Gasteiger partial charge in [-0.15, -0.1) is 0 Å². The van der Waals surface area contributed by atoms with E-state index in [0.29, 0.717) is 13.1 Å². The van der Waals surface area contributed by atoms with E-state index in [-0.39, 0.29) is 5.91 Å². The van der Waals surface area contributed by atoms with Crippen LogP contribution in [0, 0.1) is 0 Å². The first-order chi connectivity index (χ1) is 5.25. The van der Waals surface area contributed by atoms with E-state index in [9.17, 15) is 9.59 Å². The fourth-order valence-electron chi connectivity index (χ4n) is 0.905. The van der Waals surface area contributed by atoms with Gasteiger partial charge in [0.2, 0.25) is 5.91 Å². The predicted molar refractivity (Wildman–Crippen MR) is 36.8 cm³/mol. The van der Waals surface area contributed by atoms with Gasteiger partial charge >= 0.3 is 5.97 Å². The smallest absolute Gasteiger partial charge is 0.332 e. The molecule has 0 saturated carbocycles. The van der Waals surface area contributed by atoms with Gasteiger partial charge in [0.25, 0.3) is 0 Å². The average Bonchev–Trinajstić information content (AvgIpc) is 2.04. The maximum atomic E-state index is 10.9. The van der Waals surface area contributed by atoms with Gasteiger partial charge in [-0.25, -0.2) is 4.79 Å². The minimum absolute atomic E-state index is 0.317. The highest BCUT2D eigenvalue weighted by Crippen LogP contribution is 1.91. The van der Waals surface area contributed by atoms with E-state index in [0.717, 1.165) is 0 Å². The molecular formula is C6H10N2O3. The molecule has 1 fully saturated rings. The largest absolute Gasteiger partial charge is 0.467 e. The van der Waals surface area contributed by atoms with E-state index in [4.69, 9.17) is 0 Å². The highest BCUT2D eigenvalue weighted by Gasteiger charge is 2.28. The highest BCUT2D eigenvalue weighted by molar-refractivity contribution is 6.02. The Morgan fingerprint density at radius 1 is 1.64 bits per heavy atom. The number of rotatable bonds is 1. The molecule has 62 valence electrons. The van der Waals surface area contributed by atoms with E-state index in [1.165, 1.54) is 7.11 Å². The van der Waals surface area contributed by atoms with Gasteiger partial charge in [-0.2, -0.15) is 0 Å². The van der Waals surface area contributed by atoms with Crippen LogP contribution in [0.2, 0.25) is 0 Å². The van der Waals surface area contributed by atoms with Crippen LogP contribution in [0.5, 0.6) is 0 Å². The van der Waals surface area contributed by atoms with Crippen LogP contribution < -0.4 is 10.6 Å². The van der Waals surface area contributed by atoms with Gasteiger partial charge in [0.05, 0.1) is 7.11 Å². The zero-order valence-corrected chi connectivity index (χ0v) is 6.22. The Kier molecular flexibility index (Phi) is 2.43. The summed E-state index contributed by atoms with van der Waals surface area (Å²) in [4.78, 5) is 21.8. The fourth-order valence-corrected chi connectivity index (χ4v) is 0.905. The van der Waals surface area contributed by atoms with Crippen molar-refractivity contribution in [1.82, 2.24) is 10.6 Å². The van der Waals surface area contributed by atoms with Crippen molar-refractivity contribution in [2.24, 2.45) is 0 Å². The summed E-state index contributed by atoms with van der Waals surface area (Å²) in [7, 11) is 1.26. The summed E-state index contributed by atoms with van der Waals surface area (Å²) in [6, 6.07) is -0.825. The molecule has 0 aromatic carbocycles. The molecule has 1 aliphatic rings. The van der Waals surface area contributed by atoms with Crippen molar-refractivity contribution in [3.8, 4) is 0 Å². The molecule has 0 aromatic heterocycles. The van der Waals surface area contributed by atoms with Gasteiger partial charge < -0.3 is 10.1 Å². The van der Waals surface area contributed by atoms with E-state index < -0.39 is 12.0 Å². The molecule has 0 aromatic rings. The average molecular weight is 158 g/mol. The van der Waals surface area contributed by atoms with E-state index in [2.05, 4.69) is 15.4 Å². The van der Waals surface area contributed by atoms with Crippen molar-refractivity contribution in [3.63, 3.8) is 0 Å². The van der Waals surface area contributed by atoms with Crippen molar-refractivity contribution in [1.29, 1.82) is 0 Å². The minimum Gasteiger partial charge on any atom is -0.467 e. The normalized spacial score (nSPS) is 24.1. The highest BCUT2D eigenvalue weighted by atomic mass is 16.5. The Labute approximate surface area is 64.1 Å². The number of piperazine rings is 1. The molecule has 2 N–H and O–H groups in total. The van der Waals surface area contributed by atoms with Gasteiger partial charge in [-0.1, -0.05) is 0 Å². The molecule has 0 aliphatic carbocycles. The maximum absolute atomic E-state index is 10.9. The second kappa shape index (κ2) is 3.34. The third-order valence-corrected chi connectivity index (χ3v) is 1.47. The summed E-state index contributed by atoms with van der Waals surface area (Å²) in [5.74, 6) is -0.856. The second-order valence-corrected chi connectivity index (χ2v) is 2.20. The van der Waals surface area contributed by atoms with Gasteiger partial charge in [-0.3, -0.25) is 10.1 Å². The number of carbonyl (C=O) groups is 2. The number of hydrogen-bond donors (Lipinski definition) is 2. The van der Waals surface area contributed by atoms with Crippen LogP contribution in [0.3, 0.4) is 0 Å². The maximum Gasteiger partial charge on any atom is 0.332 e. The molecule has 1 amide bonds. The Morgan fingerprint density at radius 2 is 2.36 bits per heavy atom. The molecular weight excluding hydrogens is 148 g/mol. The zero-order chi connectivity index (χ0) is 8.27. The van der Waals surface area contributed by atoms with Crippen molar-refractivity contribution >= 4 is 11.9 Å². The van der Waals surface area contributed by atoms with Crippen LogP contribution in [0.25, 0.3) is 0 Å². The summed E-state index contributed by atoms with van der Waals surface area (Å²) in [6.45, 7) is 1.16. The Bertz CT molecular complexity index is 173. The molecule has 1 rings (SSSR count). The number of nitrogens with one attached hydrogen (secondary N) is 2. The number of amides is 1. The Morgan fingerprint density at radius 3 is 2.91 bits per heavy atom. The van der Waals surface area contributed by atoms with Crippen LogP contribution in [-0.2, 0) is 14.3 Å². The van der Waals surface area contributed by atoms with Crippen LogP contribution in [0.4, 0.5) is 0 Å². The standard InChI is InChI=1S/C6H10N2O3/c1-11-6(10)4-5(9)8-3-2-7-4/h4,7H,2-3H2,1H3,(H,8,9)/t4-/m0/s1. The molecule has 1 heterocycles. The van der Waals surface area contributed by atoms with Crippen molar-refractivity contribution in [2.75, 3.05) is 20.2 Å². The zero-order valence-electron chi connectivity index (χ0n) is 6.22. The minimum atomic E-state index is -0.825. The molecule has 0 unspecified atom stereocenters. The van der Waals surface area contributed by atoms with E-state index in [1.54, 1.807) is 0 Å². The molecule has 1 saturated heterocycles. The third-order valence-electron chi connectivity index (χ3n) is 1.47. The van der Waals surface area contributed by atoms with Gasteiger partial charge in [-0.05, 0) is 0 Å². The van der Waals surface area contributed by atoms with E-state index in [1.807, 2.05) is 0 Å². The van der Waals surface area contributed by atoms with Crippen LogP contribution in [0.1, 0.15) is 0 Å². The molecule has 1 atom stereocenters. The van der Waals surface area contributed by atoms with E-state index >= 15 is 0 Å². The molecule has 0 bridgehead atoms. The molecule has 5 heteroatoms. The lowest BCUT2D eigenvalue weighted by atomic mass is 10.2. The summed E-state index contributed by atoms with van der Waals surface area (Å²) < 4.78 is 4.40. The monoisotopic (exact) mass is 158 g/mol. The summed E-state index contributed by atoms with van der Waals surface area (Å²) in [5.41, 5.74) is 0. The van der Waals surface area contributed by atoms with Crippen molar-refractivity contribution < 1.29 is 14.3 Å². The first kappa shape index (κ1) is 8.00. The topological polar surface area (TPSA) is 67.4 Å². The number of ether oxygens (including phenoxy) is 1. The predicted octanol–water partition coefficient (Wildman–Crippen LogP) is -1.75. The summed E-state index contributed by atoms with van der Waals surface area (Å²) in [5, 5.41) is 5.28. The first-order valence-electron chi connectivity index (χ1n) is 3.34. The second-order valence-electron chi connectivity index (χ2n) is 2.20. The number of methoxy groups -OCH3 is 1. The van der Waals surface area contributed by atoms with Gasteiger partial charge in [0, 0.05) is 13.1 Å². The van der Waals surface area contributed by atoms with Crippen LogP contribution >= 0.6 is 0 Å². The Hall–Kier alpha value is -1.10. The first-order valence-corrected chi connectivity index (χ1v) is 3.34. The molecule has 5 nitrogen and oxygen atoms in total. The molecule has 1 aliphatic heterocycles. The Balaban J connectivity index is 2.54. The van der Waals surface area contributed by atoms with Gasteiger partial charge in [0.15, 0.2) is 6.04 Å². The molecule has 0 radical (unpaired) electrons. The van der Waals surface area contributed by atoms with Crippen LogP contribution in [-0.4, -0.2) is 38.1 Å². The quantitative estimate of drug-likeness (QED) is 0.350. The van der Waals surface area contributed by atoms with Crippen molar-refractivity contribution in [2.45, 2.75) is 6.04 Å². The van der Waals surface area contributed by atoms with Gasteiger partial charge in [0.1, 0.15) is 0 Å². The number of esters is 1. The molecule has 0 spiro atoms. The lowest BCUT2D eigenvalue weighted by Crippen LogP contribution is -2.56. The van der Waals surface area contributed by atoms with Crippen molar-refractivity contribution in [3.05, 3.63) is 0 Å². The lowest BCUT2D eigenvalue weighted by Gasteiger charge is -2.20. The molecule has 11 heavy (non-hydrogen) atoms. The van der Waals surface area contributed by atoms with Crippen LogP contribution in [0.15, 0.2) is 0 Å². The number of hydrogen-bond acceptors (Lipinski definition) is 4. The lowest BCUT2D eigenvalue weighted by molar-refractivity contribution is -0.147. The summed E-state index contributed by atoms with van der Waals surface area (Å²) >= 11 is 0. The fraction of sp³-hybridized carbons (Fsp3) is 0.667. The number of carbonyl (C=O) groups excluding carboxylic acids is 2.